The van der Waals surface area contributed by atoms with Crippen LogP contribution < -0.4 is 10.6 Å². The van der Waals surface area contributed by atoms with Crippen molar-refractivity contribution < 1.29 is 24.0 Å². The number of halogens is 1. The first-order valence-electron chi connectivity index (χ1n) is 8.54. The van der Waals surface area contributed by atoms with Gasteiger partial charge in [0.15, 0.2) is 6.61 Å². The first kappa shape index (κ1) is 20.6. The number of anilines is 1. The summed E-state index contributed by atoms with van der Waals surface area (Å²) in [6.45, 7) is -0.885. The van der Waals surface area contributed by atoms with Crippen molar-refractivity contribution in [1.82, 2.24) is 5.32 Å². The zero-order chi connectivity index (χ0) is 19.8. The molecule has 2 N–H and O–H groups in total. The molecule has 10 heteroatoms. The fourth-order valence-electron chi connectivity index (χ4n) is 2.79. The van der Waals surface area contributed by atoms with E-state index < -0.39 is 23.4 Å². The Morgan fingerprint density at radius 2 is 1.93 bits per heavy atom. The number of ether oxygens (including phenoxy) is 1. The molecule has 0 saturated heterocycles. The molecule has 146 valence electrons. The molecular weight excluding hydrogens is 378 g/mol. The molecule has 0 aromatic heterocycles. The van der Waals surface area contributed by atoms with Crippen molar-refractivity contribution >= 4 is 40.8 Å². The Kier molecular flexibility index (Phi) is 7.54. The van der Waals surface area contributed by atoms with Crippen LogP contribution in [0.2, 0.25) is 5.02 Å². The van der Waals surface area contributed by atoms with Gasteiger partial charge in [0, 0.05) is 17.7 Å². The molecule has 0 unspecified atom stereocenters. The van der Waals surface area contributed by atoms with Crippen molar-refractivity contribution in [3.63, 3.8) is 0 Å². The number of carbonyl (C=O) groups is 3. The van der Waals surface area contributed by atoms with E-state index in [1.807, 2.05) is 0 Å². The second kappa shape index (κ2) is 9.86. The highest BCUT2D eigenvalue weighted by Gasteiger charge is 2.21. The van der Waals surface area contributed by atoms with Gasteiger partial charge in [-0.05, 0) is 25.0 Å². The Morgan fingerprint density at radius 3 is 2.59 bits per heavy atom. The number of nitro benzene ring substituents is 1. The topological polar surface area (TPSA) is 128 Å². The van der Waals surface area contributed by atoms with Gasteiger partial charge in [0.05, 0.1) is 4.92 Å². The van der Waals surface area contributed by atoms with Crippen molar-refractivity contribution in [2.75, 3.05) is 18.5 Å². The zero-order valence-corrected chi connectivity index (χ0v) is 15.3. The third kappa shape index (κ3) is 6.52. The highest BCUT2D eigenvalue weighted by atomic mass is 35.5. The van der Waals surface area contributed by atoms with E-state index in [9.17, 15) is 24.5 Å². The van der Waals surface area contributed by atoms with Gasteiger partial charge in [-0.25, -0.2) is 0 Å². The monoisotopic (exact) mass is 397 g/mol. The van der Waals surface area contributed by atoms with Crippen LogP contribution in [0.25, 0.3) is 0 Å². The minimum absolute atomic E-state index is 0.0573. The van der Waals surface area contributed by atoms with E-state index in [1.165, 1.54) is 12.1 Å². The second-order valence-corrected chi connectivity index (χ2v) is 6.59. The highest BCUT2D eigenvalue weighted by Crippen LogP contribution is 2.27. The number of nitrogens with zero attached hydrogens (tertiary/aromatic N) is 1. The first-order valence-corrected chi connectivity index (χ1v) is 8.91. The normalized spacial score (nSPS) is 14.3. The smallest absolute Gasteiger partial charge is 0.325 e. The van der Waals surface area contributed by atoms with E-state index in [4.69, 9.17) is 16.3 Å². The van der Waals surface area contributed by atoms with Crippen molar-refractivity contribution in [2.24, 2.45) is 5.92 Å². The highest BCUT2D eigenvalue weighted by molar-refractivity contribution is 6.32. The Bertz CT molecular complexity index is 733. The Morgan fingerprint density at radius 1 is 1.22 bits per heavy atom. The van der Waals surface area contributed by atoms with E-state index in [0.29, 0.717) is 0 Å². The molecule has 2 rings (SSSR count). The molecule has 0 aliphatic heterocycles. The minimum Gasteiger partial charge on any atom is -0.454 e. The van der Waals surface area contributed by atoms with Crippen LogP contribution in [0.4, 0.5) is 11.4 Å². The van der Waals surface area contributed by atoms with E-state index in [2.05, 4.69) is 10.6 Å². The van der Waals surface area contributed by atoms with Crippen molar-refractivity contribution in [3.05, 3.63) is 33.3 Å². The number of nitro groups is 1. The predicted molar refractivity (Wildman–Crippen MR) is 97.3 cm³/mol. The van der Waals surface area contributed by atoms with Crippen LogP contribution in [0.15, 0.2) is 18.2 Å². The van der Waals surface area contributed by atoms with Crippen LogP contribution in [0, 0.1) is 16.0 Å². The summed E-state index contributed by atoms with van der Waals surface area (Å²) in [6.07, 6.45) is 4.77. The van der Waals surface area contributed by atoms with Crippen LogP contribution >= 0.6 is 11.6 Å². The van der Waals surface area contributed by atoms with Gasteiger partial charge in [0.2, 0.25) is 5.91 Å². The van der Waals surface area contributed by atoms with E-state index in [0.717, 1.165) is 38.2 Å². The number of carbonyl (C=O) groups excluding carboxylic acids is 3. The lowest BCUT2D eigenvalue weighted by Gasteiger charge is -2.20. The summed E-state index contributed by atoms with van der Waals surface area (Å²) in [5, 5.41) is 15.6. The number of benzene rings is 1. The molecule has 27 heavy (non-hydrogen) atoms. The maximum Gasteiger partial charge on any atom is 0.325 e. The summed E-state index contributed by atoms with van der Waals surface area (Å²) in [4.78, 5) is 45.5. The molecule has 1 saturated carbocycles. The lowest BCUT2D eigenvalue weighted by atomic mass is 9.89. The van der Waals surface area contributed by atoms with Crippen LogP contribution in [-0.4, -0.2) is 35.9 Å². The molecule has 9 nitrogen and oxygen atoms in total. The third-order valence-corrected chi connectivity index (χ3v) is 4.49. The fourth-order valence-corrected chi connectivity index (χ4v) is 2.98. The van der Waals surface area contributed by atoms with Gasteiger partial charge in [-0.15, -0.1) is 0 Å². The molecule has 1 aliphatic carbocycles. The van der Waals surface area contributed by atoms with E-state index in [-0.39, 0.29) is 34.8 Å². The quantitative estimate of drug-likeness (QED) is 0.413. The minimum atomic E-state index is -0.739. The summed E-state index contributed by atoms with van der Waals surface area (Å²) in [5.74, 6) is -1.66. The Balaban J connectivity index is 1.73. The number of esters is 1. The first-order chi connectivity index (χ1) is 12.9. The van der Waals surface area contributed by atoms with E-state index >= 15 is 0 Å². The van der Waals surface area contributed by atoms with Crippen molar-refractivity contribution in [1.29, 1.82) is 0 Å². The molecule has 0 spiro atoms. The predicted octanol–water partition coefficient (Wildman–Crippen LogP) is 2.43. The summed E-state index contributed by atoms with van der Waals surface area (Å²) >= 11 is 5.69. The lowest BCUT2D eigenvalue weighted by Crippen LogP contribution is -2.36. The third-order valence-electron chi connectivity index (χ3n) is 4.17. The van der Waals surface area contributed by atoms with Crippen LogP contribution in [0.3, 0.4) is 0 Å². The number of rotatable bonds is 7. The molecule has 2 amide bonds. The Labute approximate surface area is 160 Å². The largest absolute Gasteiger partial charge is 0.454 e. The Hall–Kier alpha value is -2.68. The molecule has 1 aromatic carbocycles. The molecular formula is C17H20ClN3O6. The summed E-state index contributed by atoms with van der Waals surface area (Å²) < 4.78 is 4.79. The van der Waals surface area contributed by atoms with E-state index in [1.54, 1.807) is 0 Å². The fraction of sp³-hybridized carbons (Fsp3) is 0.471. The summed E-state index contributed by atoms with van der Waals surface area (Å²) in [6, 6.07) is 3.77. The van der Waals surface area contributed by atoms with Crippen LogP contribution in [-0.2, 0) is 19.1 Å². The second-order valence-electron chi connectivity index (χ2n) is 6.18. The standard InChI is InChI=1S/C17H20ClN3O6/c18-13-7-6-12(8-14(13)21(25)26)20-15(22)10-27-16(23)9-19-17(24)11-4-2-1-3-5-11/h6-8,11H,1-5,9-10H2,(H,19,24)(H,20,22). The molecule has 1 aromatic rings. The van der Waals surface area contributed by atoms with Gasteiger partial charge < -0.3 is 15.4 Å². The molecule has 1 aliphatic rings. The van der Waals surface area contributed by atoms with Gasteiger partial charge in [0.25, 0.3) is 11.6 Å². The SMILES string of the molecule is O=C(COC(=O)CNC(=O)C1CCCCC1)Nc1ccc(Cl)c([N+](=O)[O-])c1. The van der Waals surface area contributed by atoms with Gasteiger partial charge in [0.1, 0.15) is 11.6 Å². The molecule has 0 bridgehead atoms. The number of hydrogen-bond acceptors (Lipinski definition) is 6. The van der Waals surface area contributed by atoms with Crippen molar-refractivity contribution in [2.45, 2.75) is 32.1 Å². The average molecular weight is 398 g/mol. The van der Waals surface area contributed by atoms with Gasteiger partial charge >= 0.3 is 5.97 Å². The number of nitrogens with one attached hydrogen (secondary N) is 2. The maximum atomic E-state index is 11.9. The van der Waals surface area contributed by atoms with Crippen molar-refractivity contribution in [3.8, 4) is 0 Å². The molecule has 0 heterocycles. The lowest BCUT2D eigenvalue weighted by molar-refractivity contribution is -0.384. The summed E-state index contributed by atoms with van der Waals surface area (Å²) in [7, 11) is 0. The number of hydrogen-bond donors (Lipinski definition) is 2. The maximum absolute atomic E-state index is 11.9. The summed E-state index contributed by atoms with van der Waals surface area (Å²) in [5.41, 5.74) is -0.199. The average Bonchev–Trinajstić information content (AvgIpc) is 2.66. The van der Waals surface area contributed by atoms with Crippen LogP contribution in [0.1, 0.15) is 32.1 Å². The van der Waals surface area contributed by atoms with Gasteiger partial charge in [-0.1, -0.05) is 30.9 Å². The molecule has 0 radical (unpaired) electrons. The zero-order valence-electron chi connectivity index (χ0n) is 14.5. The van der Waals surface area contributed by atoms with Gasteiger partial charge in [-0.3, -0.25) is 24.5 Å². The number of amides is 2. The molecule has 1 fully saturated rings. The van der Waals surface area contributed by atoms with Crippen LogP contribution in [0.5, 0.6) is 0 Å². The van der Waals surface area contributed by atoms with Gasteiger partial charge in [-0.2, -0.15) is 0 Å². The molecule has 0 atom stereocenters.